The highest BCUT2D eigenvalue weighted by molar-refractivity contribution is 7.99. The zero-order valence-electron chi connectivity index (χ0n) is 10.1. The molecule has 0 aromatic carbocycles. The Labute approximate surface area is 109 Å². The van der Waals surface area contributed by atoms with Crippen LogP contribution >= 0.6 is 11.8 Å². The molecule has 0 spiro atoms. The third kappa shape index (κ3) is 4.10. The Balaban J connectivity index is 2.54. The molecule has 1 unspecified atom stereocenters. The van der Waals surface area contributed by atoms with Crippen molar-refractivity contribution in [2.45, 2.75) is 24.9 Å². The van der Waals surface area contributed by atoms with Crippen LogP contribution in [0.5, 0.6) is 0 Å². The lowest BCUT2D eigenvalue weighted by Gasteiger charge is -2.25. The first-order valence-electron chi connectivity index (χ1n) is 5.54. The monoisotopic (exact) mass is 275 g/mol. The van der Waals surface area contributed by atoms with E-state index in [1.807, 2.05) is 0 Å². The van der Waals surface area contributed by atoms with E-state index in [4.69, 9.17) is 10.8 Å². The molecule has 2 atom stereocenters. The number of hydrogen-bond acceptors (Lipinski definition) is 4. The van der Waals surface area contributed by atoms with Crippen LogP contribution in [0.25, 0.3) is 0 Å². The second kappa shape index (κ2) is 6.48. The van der Waals surface area contributed by atoms with Gasteiger partial charge in [0.15, 0.2) is 0 Å². The molecule has 0 saturated carbocycles. The maximum absolute atomic E-state index is 11.8. The van der Waals surface area contributed by atoms with Crippen molar-refractivity contribution in [2.24, 2.45) is 5.73 Å². The van der Waals surface area contributed by atoms with Crippen LogP contribution in [-0.2, 0) is 9.59 Å². The van der Waals surface area contributed by atoms with E-state index in [2.05, 4.69) is 5.32 Å². The third-order valence-corrected chi connectivity index (χ3v) is 3.92. The predicted octanol–water partition coefficient (Wildman–Crippen LogP) is -0.538. The first-order valence-corrected chi connectivity index (χ1v) is 6.69. The van der Waals surface area contributed by atoms with Crippen molar-refractivity contribution < 1.29 is 19.5 Å². The van der Waals surface area contributed by atoms with Crippen LogP contribution in [0.4, 0.5) is 4.79 Å². The lowest BCUT2D eigenvalue weighted by molar-refractivity contribution is -0.140. The average Bonchev–Trinajstić information content (AvgIpc) is 2.79. The maximum atomic E-state index is 11.8. The van der Waals surface area contributed by atoms with E-state index in [0.717, 1.165) is 17.9 Å². The number of aliphatic carboxylic acids is 1. The number of nitrogens with two attached hydrogens (primary N) is 1. The highest BCUT2D eigenvalue weighted by Crippen LogP contribution is 2.21. The number of nitrogens with zero attached hydrogens (tertiary/aromatic N) is 1. The number of hydrogen-bond donors (Lipinski definition) is 3. The Hall–Kier alpha value is -1.44. The fraction of sp³-hybridized carbons (Fsp3) is 0.700. The normalized spacial score (nSPS) is 20.2. The van der Waals surface area contributed by atoms with Crippen molar-refractivity contribution in [1.29, 1.82) is 0 Å². The largest absolute Gasteiger partial charge is 0.480 e. The van der Waals surface area contributed by atoms with Crippen LogP contribution in [0, 0.1) is 0 Å². The van der Waals surface area contributed by atoms with Crippen LogP contribution in [-0.4, -0.2) is 58.6 Å². The number of nitrogens with one attached hydrogen (secondary N) is 1. The minimum absolute atomic E-state index is 0.109. The van der Waals surface area contributed by atoms with Gasteiger partial charge in [-0.3, -0.25) is 4.79 Å². The summed E-state index contributed by atoms with van der Waals surface area (Å²) in [7, 11) is 1.62. The van der Waals surface area contributed by atoms with Crippen LogP contribution < -0.4 is 11.1 Å². The zero-order chi connectivity index (χ0) is 13.7. The Bertz CT molecular complexity index is 344. The second-order valence-corrected chi connectivity index (χ2v) is 5.29. The van der Waals surface area contributed by atoms with Gasteiger partial charge in [-0.05, 0) is 12.2 Å². The fourth-order valence-electron chi connectivity index (χ4n) is 1.65. The van der Waals surface area contributed by atoms with Crippen molar-refractivity contribution in [3.63, 3.8) is 0 Å². The summed E-state index contributed by atoms with van der Waals surface area (Å²) in [6, 6.07) is -1.65. The molecular formula is C10H17N3O4S. The molecule has 0 aromatic heterocycles. The summed E-state index contributed by atoms with van der Waals surface area (Å²) >= 11 is 1.75. The summed E-state index contributed by atoms with van der Waals surface area (Å²) < 4.78 is 0. The molecule has 8 heteroatoms. The molecule has 1 saturated heterocycles. The summed E-state index contributed by atoms with van der Waals surface area (Å²) in [5.41, 5.74) is 4.93. The van der Waals surface area contributed by atoms with Crippen LogP contribution in [0.2, 0.25) is 0 Å². The molecule has 4 N–H and O–H groups in total. The minimum Gasteiger partial charge on any atom is -0.480 e. The predicted molar refractivity (Wildman–Crippen MR) is 67.3 cm³/mol. The number of amides is 3. The number of thioether (sulfide) groups is 1. The van der Waals surface area contributed by atoms with E-state index in [1.54, 1.807) is 18.8 Å². The number of rotatable bonds is 5. The van der Waals surface area contributed by atoms with Gasteiger partial charge in [-0.2, -0.15) is 11.8 Å². The lowest BCUT2D eigenvalue weighted by atomic mass is 10.2. The zero-order valence-corrected chi connectivity index (χ0v) is 10.9. The van der Waals surface area contributed by atoms with E-state index in [-0.39, 0.29) is 6.04 Å². The molecule has 7 nitrogen and oxygen atoms in total. The summed E-state index contributed by atoms with van der Waals surface area (Å²) in [5, 5.41) is 11.2. The lowest BCUT2D eigenvalue weighted by Crippen LogP contribution is -2.50. The molecule has 18 heavy (non-hydrogen) atoms. The number of carboxylic acids is 1. The molecule has 102 valence electrons. The number of urea groups is 1. The van der Waals surface area contributed by atoms with E-state index in [1.165, 1.54) is 4.90 Å². The number of carbonyl (C=O) groups is 3. The van der Waals surface area contributed by atoms with Crippen LogP contribution in [0.15, 0.2) is 0 Å². The van der Waals surface area contributed by atoms with Gasteiger partial charge in [0.1, 0.15) is 6.04 Å². The highest BCUT2D eigenvalue weighted by Gasteiger charge is 2.28. The molecule has 1 heterocycles. The maximum Gasteiger partial charge on any atom is 0.326 e. The molecule has 0 aromatic rings. The third-order valence-electron chi connectivity index (χ3n) is 2.77. The highest BCUT2D eigenvalue weighted by atomic mass is 32.2. The Morgan fingerprint density at radius 1 is 1.56 bits per heavy atom. The first kappa shape index (κ1) is 14.6. The molecule has 1 rings (SSSR count). The quantitative estimate of drug-likeness (QED) is 0.624. The van der Waals surface area contributed by atoms with Gasteiger partial charge in [0, 0.05) is 18.8 Å². The smallest absolute Gasteiger partial charge is 0.326 e. The number of primary amides is 1. The second-order valence-electron chi connectivity index (χ2n) is 4.14. The standard InChI is InChI=1S/C10H17N3O4S/c1-13(6-2-3-18-5-6)10(17)12-7(9(15)16)4-8(11)14/h6-7H,2-5H2,1H3,(H2,11,14)(H,12,17)(H,15,16)/t6?,7-/m0/s1. The van der Waals surface area contributed by atoms with Crippen LogP contribution in [0.3, 0.4) is 0 Å². The van der Waals surface area contributed by atoms with Gasteiger partial charge in [0.05, 0.1) is 6.42 Å². The topological polar surface area (TPSA) is 113 Å². The summed E-state index contributed by atoms with van der Waals surface area (Å²) in [4.78, 5) is 34.9. The minimum atomic E-state index is -1.27. The molecule has 3 amide bonds. The van der Waals surface area contributed by atoms with Crippen molar-refractivity contribution >= 4 is 29.7 Å². The summed E-state index contributed by atoms with van der Waals surface area (Å²) in [6.07, 6.45) is 0.483. The van der Waals surface area contributed by atoms with Crippen molar-refractivity contribution in [2.75, 3.05) is 18.6 Å². The Morgan fingerprint density at radius 3 is 2.67 bits per heavy atom. The van der Waals surface area contributed by atoms with Gasteiger partial charge in [-0.25, -0.2) is 9.59 Å². The molecular weight excluding hydrogens is 258 g/mol. The first-order chi connectivity index (χ1) is 8.41. The number of carbonyl (C=O) groups excluding carboxylic acids is 2. The van der Waals surface area contributed by atoms with Gasteiger partial charge in [0.2, 0.25) is 5.91 Å². The molecule has 0 bridgehead atoms. The van der Waals surface area contributed by atoms with E-state index < -0.39 is 30.4 Å². The van der Waals surface area contributed by atoms with Crippen molar-refractivity contribution in [1.82, 2.24) is 10.2 Å². The molecule has 1 aliphatic rings. The van der Waals surface area contributed by atoms with Crippen molar-refractivity contribution in [3.8, 4) is 0 Å². The van der Waals surface area contributed by atoms with Crippen molar-refractivity contribution in [3.05, 3.63) is 0 Å². The average molecular weight is 275 g/mol. The Morgan fingerprint density at radius 2 is 2.22 bits per heavy atom. The fourth-order valence-corrected chi connectivity index (χ4v) is 2.91. The van der Waals surface area contributed by atoms with Gasteiger partial charge in [-0.15, -0.1) is 0 Å². The van der Waals surface area contributed by atoms with E-state index >= 15 is 0 Å². The van der Waals surface area contributed by atoms with E-state index in [9.17, 15) is 14.4 Å². The molecule has 1 aliphatic heterocycles. The Kier molecular flexibility index (Phi) is 5.26. The molecule has 0 radical (unpaired) electrons. The number of carboxylic acid groups (broad SMARTS) is 1. The van der Waals surface area contributed by atoms with Gasteiger partial charge in [0.25, 0.3) is 0 Å². The van der Waals surface area contributed by atoms with Crippen LogP contribution in [0.1, 0.15) is 12.8 Å². The van der Waals surface area contributed by atoms with Gasteiger partial charge >= 0.3 is 12.0 Å². The summed E-state index contributed by atoms with van der Waals surface area (Å²) in [5.74, 6) is -0.193. The molecule has 1 fully saturated rings. The van der Waals surface area contributed by atoms with Gasteiger partial charge < -0.3 is 21.1 Å². The SMILES string of the molecule is CN(C(=O)N[C@@H](CC(N)=O)C(=O)O)C1CCSC1. The summed E-state index contributed by atoms with van der Waals surface area (Å²) in [6.45, 7) is 0. The molecule has 0 aliphatic carbocycles. The van der Waals surface area contributed by atoms with Gasteiger partial charge in [-0.1, -0.05) is 0 Å². The van der Waals surface area contributed by atoms with E-state index in [0.29, 0.717) is 0 Å².